The number of furan rings is 2. The second-order valence-electron chi connectivity index (χ2n) is 13.1. The van der Waals surface area contributed by atoms with Crippen molar-refractivity contribution in [3.63, 3.8) is 0 Å². The molecule has 50 heavy (non-hydrogen) atoms. The molecular formula is C48H28O2. The Hall–Kier alpha value is -6.64. The van der Waals surface area contributed by atoms with E-state index in [9.17, 15) is 0 Å². The first-order chi connectivity index (χ1) is 24.8. The van der Waals surface area contributed by atoms with Crippen LogP contribution in [-0.4, -0.2) is 0 Å². The van der Waals surface area contributed by atoms with Crippen LogP contribution in [0.1, 0.15) is 0 Å². The van der Waals surface area contributed by atoms with Crippen molar-refractivity contribution in [1.29, 1.82) is 0 Å². The SMILES string of the molecule is c1ccc(-c2ccc(-c3c4ccccc4c(-c4ccc5oc6c7oc8ccccc8c7c7ccccc7c6c5c4)c4ccccc34)cc2)cc1. The van der Waals surface area contributed by atoms with E-state index in [-0.39, 0.29) is 0 Å². The molecule has 2 nitrogen and oxygen atoms in total. The predicted molar refractivity (Wildman–Crippen MR) is 210 cm³/mol. The third kappa shape index (κ3) is 3.85. The number of rotatable bonds is 3. The van der Waals surface area contributed by atoms with Gasteiger partial charge in [0.25, 0.3) is 0 Å². The highest BCUT2D eigenvalue weighted by Crippen LogP contribution is 2.48. The van der Waals surface area contributed by atoms with Gasteiger partial charge in [0.05, 0.1) is 0 Å². The lowest BCUT2D eigenvalue weighted by Crippen LogP contribution is -1.91. The van der Waals surface area contributed by atoms with Gasteiger partial charge in [0, 0.05) is 21.5 Å². The molecule has 2 heteroatoms. The van der Waals surface area contributed by atoms with E-state index >= 15 is 0 Å². The Morgan fingerprint density at radius 1 is 0.260 bits per heavy atom. The van der Waals surface area contributed by atoms with Crippen LogP contribution in [0.3, 0.4) is 0 Å². The number of fused-ring (bicyclic) bond motifs is 12. The first kappa shape index (κ1) is 27.3. The number of hydrogen-bond donors (Lipinski definition) is 0. The molecule has 2 aromatic heterocycles. The van der Waals surface area contributed by atoms with Gasteiger partial charge in [-0.3, -0.25) is 0 Å². The van der Waals surface area contributed by atoms with Gasteiger partial charge < -0.3 is 8.83 Å². The summed E-state index contributed by atoms with van der Waals surface area (Å²) in [6, 6.07) is 60.8. The molecule has 0 spiro atoms. The zero-order valence-corrected chi connectivity index (χ0v) is 27.0. The fourth-order valence-electron chi connectivity index (χ4n) is 8.28. The molecule has 0 aliphatic heterocycles. The smallest absolute Gasteiger partial charge is 0.179 e. The predicted octanol–water partition coefficient (Wildman–Crippen LogP) is 13.9. The van der Waals surface area contributed by atoms with Gasteiger partial charge in [0.15, 0.2) is 11.2 Å². The Morgan fingerprint density at radius 2 is 0.660 bits per heavy atom. The van der Waals surface area contributed by atoms with E-state index < -0.39 is 0 Å². The summed E-state index contributed by atoms with van der Waals surface area (Å²) in [5.41, 5.74) is 10.6. The molecule has 0 fully saturated rings. The molecule has 11 rings (SSSR count). The molecule has 0 saturated heterocycles. The molecule has 232 valence electrons. The number of benzene rings is 9. The maximum atomic E-state index is 6.69. The Morgan fingerprint density at radius 3 is 1.26 bits per heavy atom. The van der Waals surface area contributed by atoms with Crippen LogP contribution in [0.2, 0.25) is 0 Å². The van der Waals surface area contributed by atoms with E-state index in [1.165, 1.54) is 60.1 Å². The zero-order chi connectivity index (χ0) is 32.8. The molecule has 0 N–H and O–H groups in total. The van der Waals surface area contributed by atoms with Gasteiger partial charge in [-0.1, -0.05) is 152 Å². The monoisotopic (exact) mass is 636 g/mol. The van der Waals surface area contributed by atoms with Gasteiger partial charge >= 0.3 is 0 Å². The third-order valence-corrected chi connectivity index (χ3v) is 10.5. The van der Waals surface area contributed by atoms with Crippen LogP contribution < -0.4 is 0 Å². The van der Waals surface area contributed by atoms with E-state index in [1.54, 1.807) is 0 Å². The molecular weight excluding hydrogens is 609 g/mol. The summed E-state index contributed by atoms with van der Waals surface area (Å²) in [7, 11) is 0. The van der Waals surface area contributed by atoms with E-state index in [0.717, 1.165) is 49.4 Å². The van der Waals surface area contributed by atoms with Gasteiger partial charge in [0.2, 0.25) is 0 Å². The summed E-state index contributed by atoms with van der Waals surface area (Å²) in [4.78, 5) is 0. The minimum absolute atomic E-state index is 0.797. The van der Waals surface area contributed by atoms with Gasteiger partial charge in [-0.05, 0) is 83.9 Å². The van der Waals surface area contributed by atoms with Crippen LogP contribution in [0.15, 0.2) is 179 Å². The van der Waals surface area contributed by atoms with Crippen molar-refractivity contribution < 1.29 is 8.83 Å². The van der Waals surface area contributed by atoms with E-state index in [4.69, 9.17) is 8.83 Å². The molecule has 0 bridgehead atoms. The van der Waals surface area contributed by atoms with Crippen molar-refractivity contribution in [3.8, 4) is 33.4 Å². The lowest BCUT2D eigenvalue weighted by atomic mass is 9.85. The Bertz CT molecular complexity index is 3070. The molecule has 0 aliphatic carbocycles. The van der Waals surface area contributed by atoms with Crippen molar-refractivity contribution in [3.05, 3.63) is 170 Å². The van der Waals surface area contributed by atoms with Crippen LogP contribution in [0.4, 0.5) is 0 Å². The largest absolute Gasteiger partial charge is 0.452 e. The number of para-hydroxylation sites is 1. The van der Waals surface area contributed by atoms with Crippen molar-refractivity contribution in [2.75, 3.05) is 0 Å². The minimum Gasteiger partial charge on any atom is -0.452 e. The third-order valence-electron chi connectivity index (χ3n) is 10.5. The average molecular weight is 637 g/mol. The fourth-order valence-corrected chi connectivity index (χ4v) is 8.28. The molecule has 9 aromatic carbocycles. The van der Waals surface area contributed by atoms with Crippen LogP contribution in [-0.2, 0) is 0 Å². The van der Waals surface area contributed by atoms with Gasteiger partial charge in [0.1, 0.15) is 11.2 Å². The summed E-state index contributed by atoms with van der Waals surface area (Å²) in [6.45, 7) is 0. The van der Waals surface area contributed by atoms with E-state index in [0.29, 0.717) is 0 Å². The van der Waals surface area contributed by atoms with Crippen LogP contribution in [0.5, 0.6) is 0 Å². The van der Waals surface area contributed by atoms with Crippen LogP contribution >= 0.6 is 0 Å². The maximum Gasteiger partial charge on any atom is 0.179 e. The molecule has 0 atom stereocenters. The summed E-state index contributed by atoms with van der Waals surface area (Å²) in [5.74, 6) is 0. The number of hydrogen-bond acceptors (Lipinski definition) is 2. The zero-order valence-electron chi connectivity index (χ0n) is 27.0. The lowest BCUT2D eigenvalue weighted by Gasteiger charge is -2.18. The summed E-state index contributed by atoms with van der Waals surface area (Å²) in [6.07, 6.45) is 0. The topological polar surface area (TPSA) is 26.3 Å². The standard InChI is InChI=1S/C48H28O2/c1-2-12-29(13-3-1)30-22-24-31(25-23-30)43-33-14-4-6-16-35(33)44(36-17-7-5-15-34(36)43)32-26-27-42-40(28-32)46-38-19-9-8-18-37(38)45-39-20-10-11-21-41(39)49-47(45)48(46)50-42/h1-28H. The maximum absolute atomic E-state index is 6.69. The summed E-state index contributed by atoms with van der Waals surface area (Å²) >= 11 is 0. The second-order valence-corrected chi connectivity index (χ2v) is 13.1. The van der Waals surface area contributed by atoms with Crippen LogP contribution in [0, 0.1) is 0 Å². The fraction of sp³-hybridized carbons (Fsp3) is 0. The second kappa shape index (κ2) is 10.4. The summed E-state index contributed by atoms with van der Waals surface area (Å²) < 4.78 is 13.2. The minimum atomic E-state index is 0.797. The van der Waals surface area contributed by atoms with Crippen molar-refractivity contribution in [2.24, 2.45) is 0 Å². The molecule has 0 aliphatic rings. The van der Waals surface area contributed by atoms with Gasteiger partial charge in [-0.25, -0.2) is 0 Å². The highest BCUT2D eigenvalue weighted by molar-refractivity contribution is 6.34. The van der Waals surface area contributed by atoms with Crippen molar-refractivity contribution in [2.45, 2.75) is 0 Å². The Kier molecular flexibility index (Phi) is 5.70. The normalized spacial score (nSPS) is 12.0. The molecule has 2 heterocycles. The van der Waals surface area contributed by atoms with Crippen molar-refractivity contribution in [1.82, 2.24) is 0 Å². The molecule has 11 aromatic rings. The van der Waals surface area contributed by atoms with Gasteiger partial charge in [-0.2, -0.15) is 0 Å². The van der Waals surface area contributed by atoms with E-state index in [1.807, 2.05) is 12.1 Å². The Labute approximate surface area is 287 Å². The molecule has 0 unspecified atom stereocenters. The molecule has 0 radical (unpaired) electrons. The highest BCUT2D eigenvalue weighted by Gasteiger charge is 2.22. The Balaban J connectivity index is 1.19. The first-order valence-electron chi connectivity index (χ1n) is 17.1. The highest BCUT2D eigenvalue weighted by atomic mass is 16.4. The molecule has 0 amide bonds. The molecule has 0 saturated carbocycles. The lowest BCUT2D eigenvalue weighted by molar-refractivity contribution is 0.633. The van der Waals surface area contributed by atoms with Crippen molar-refractivity contribution >= 4 is 76.2 Å². The quantitative estimate of drug-likeness (QED) is 0.180. The average Bonchev–Trinajstić information content (AvgIpc) is 3.77. The van der Waals surface area contributed by atoms with E-state index in [2.05, 4.69) is 158 Å². The van der Waals surface area contributed by atoms with Crippen LogP contribution in [0.25, 0.3) is 110 Å². The summed E-state index contributed by atoms with van der Waals surface area (Å²) in [5, 5.41) is 11.7. The first-order valence-corrected chi connectivity index (χ1v) is 17.1. The van der Waals surface area contributed by atoms with Gasteiger partial charge in [-0.15, -0.1) is 0 Å².